The van der Waals surface area contributed by atoms with Gasteiger partial charge in [0.2, 0.25) is 0 Å². The molecule has 0 spiro atoms. The number of hydrogen-bond donors (Lipinski definition) is 1. The van der Waals surface area contributed by atoms with E-state index in [9.17, 15) is 0 Å². The predicted octanol–water partition coefficient (Wildman–Crippen LogP) is 3.58. The van der Waals surface area contributed by atoms with Gasteiger partial charge in [-0.15, -0.1) is 0 Å². The van der Waals surface area contributed by atoms with Crippen LogP contribution in [0.2, 0.25) is 0 Å². The molecule has 2 rings (SSSR count). The third-order valence-electron chi connectivity index (χ3n) is 3.75. The molecule has 2 nitrogen and oxygen atoms in total. The van der Waals surface area contributed by atoms with Crippen molar-refractivity contribution in [3.8, 4) is 0 Å². The third kappa shape index (κ3) is 3.14. The maximum absolute atomic E-state index is 3.51. The molecule has 1 aliphatic heterocycles. The lowest BCUT2D eigenvalue weighted by Gasteiger charge is -2.43. The molecule has 3 heteroatoms. The Morgan fingerprint density at radius 3 is 2.39 bits per heavy atom. The number of halogens is 1. The van der Waals surface area contributed by atoms with E-state index >= 15 is 0 Å². The first-order chi connectivity index (χ1) is 8.76. The molecular weight excluding hydrogens is 288 g/mol. The lowest BCUT2D eigenvalue weighted by molar-refractivity contribution is 0.0916. The summed E-state index contributed by atoms with van der Waals surface area (Å²) >= 11 is 3.51. The van der Waals surface area contributed by atoms with Crippen molar-refractivity contribution in [3.05, 3.63) is 34.3 Å². The molecule has 0 aliphatic carbocycles. The van der Waals surface area contributed by atoms with Gasteiger partial charge in [0.25, 0.3) is 0 Å². The highest BCUT2D eigenvalue weighted by Gasteiger charge is 2.29. The molecule has 1 aromatic rings. The van der Waals surface area contributed by atoms with Crippen molar-refractivity contribution < 1.29 is 0 Å². The van der Waals surface area contributed by atoms with Gasteiger partial charge >= 0.3 is 0 Å². The smallest absolute Gasteiger partial charge is 0.0351 e. The summed E-state index contributed by atoms with van der Waals surface area (Å²) in [5.41, 5.74) is 1.45. The molecule has 1 fully saturated rings. The van der Waals surface area contributed by atoms with E-state index in [4.69, 9.17) is 0 Å². The zero-order valence-corrected chi connectivity index (χ0v) is 12.9. The third-order valence-corrected chi connectivity index (χ3v) is 4.28. The molecule has 0 bridgehead atoms. The highest BCUT2D eigenvalue weighted by Crippen LogP contribution is 2.28. The number of rotatable bonds is 6. The highest BCUT2D eigenvalue weighted by atomic mass is 79.9. The van der Waals surface area contributed by atoms with Crippen molar-refractivity contribution in [2.75, 3.05) is 19.6 Å². The van der Waals surface area contributed by atoms with E-state index in [2.05, 4.69) is 64.3 Å². The predicted molar refractivity (Wildman–Crippen MR) is 80.8 cm³/mol. The van der Waals surface area contributed by atoms with Crippen LogP contribution in [0.25, 0.3) is 0 Å². The monoisotopic (exact) mass is 310 g/mol. The summed E-state index contributed by atoms with van der Waals surface area (Å²) in [6, 6.07) is 10.1. The Morgan fingerprint density at radius 2 is 1.94 bits per heavy atom. The zero-order chi connectivity index (χ0) is 13.0. The molecule has 18 heavy (non-hydrogen) atoms. The molecule has 100 valence electrons. The van der Waals surface area contributed by atoms with Crippen LogP contribution >= 0.6 is 15.9 Å². The van der Waals surface area contributed by atoms with E-state index in [-0.39, 0.29) is 0 Å². The first-order valence-electron chi connectivity index (χ1n) is 6.98. The van der Waals surface area contributed by atoms with Gasteiger partial charge in [-0.25, -0.2) is 0 Å². The summed E-state index contributed by atoms with van der Waals surface area (Å²) in [7, 11) is 0. The van der Waals surface area contributed by atoms with E-state index in [0.717, 1.165) is 23.6 Å². The fraction of sp³-hybridized carbons (Fsp3) is 0.600. The van der Waals surface area contributed by atoms with Crippen LogP contribution in [0.15, 0.2) is 28.7 Å². The fourth-order valence-electron chi connectivity index (χ4n) is 2.71. The number of benzene rings is 1. The van der Waals surface area contributed by atoms with Crippen LogP contribution in [-0.4, -0.2) is 30.6 Å². The minimum Gasteiger partial charge on any atom is -0.314 e. The summed E-state index contributed by atoms with van der Waals surface area (Å²) in [6.07, 6.45) is 2.40. The van der Waals surface area contributed by atoms with Crippen LogP contribution in [0.4, 0.5) is 0 Å². The fourth-order valence-corrected chi connectivity index (χ4v) is 2.97. The van der Waals surface area contributed by atoms with Gasteiger partial charge in [0.1, 0.15) is 0 Å². The quantitative estimate of drug-likeness (QED) is 0.864. The van der Waals surface area contributed by atoms with Crippen molar-refractivity contribution in [2.45, 2.75) is 38.8 Å². The van der Waals surface area contributed by atoms with E-state index in [1.165, 1.54) is 24.9 Å². The summed E-state index contributed by atoms with van der Waals surface area (Å²) in [5, 5.41) is 3.39. The second kappa shape index (κ2) is 6.69. The highest BCUT2D eigenvalue weighted by molar-refractivity contribution is 9.10. The molecule has 1 unspecified atom stereocenters. The van der Waals surface area contributed by atoms with Gasteiger partial charge in [0, 0.05) is 29.6 Å². The summed E-state index contributed by atoms with van der Waals surface area (Å²) in [5.74, 6) is 0. The van der Waals surface area contributed by atoms with Crippen LogP contribution in [0.3, 0.4) is 0 Å². The van der Waals surface area contributed by atoms with Gasteiger partial charge in [-0.05, 0) is 37.1 Å². The Hall–Kier alpha value is -0.380. The summed E-state index contributed by atoms with van der Waals surface area (Å²) < 4.78 is 1.16. The molecule has 1 atom stereocenters. The van der Waals surface area contributed by atoms with Crippen LogP contribution in [0.5, 0.6) is 0 Å². The molecule has 0 aromatic heterocycles. The lowest BCUT2D eigenvalue weighted by Crippen LogP contribution is -2.58. The van der Waals surface area contributed by atoms with Crippen molar-refractivity contribution >= 4 is 15.9 Å². The molecule has 0 saturated carbocycles. The molecule has 1 N–H and O–H groups in total. The van der Waals surface area contributed by atoms with Gasteiger partial charge in [-0.3, -0.25) is 4.90 Å². The maximum Gasteiger partial charge on any atom is 0.0351 e. The number of nitrogens with zero attached hydrogens (tertiary/aromatic N) is 1. The van der Waals surface area contributed by atoms with Gasteiger partial charge < -0.3 is 5.32 Å². The average molecular weight is 311 g/mol. The van der Waals surface area contributed by atoms with E-state index in [1.807, 2.05) is 0 Å². The Bertz CT molecular complexity index is 359. The van der Waals surface area contributed by atoms with Gasteiger partial charge in [0.05, 0.1) is 0 Å². The Labute approximate surface area is 119 Å². The Morgan fingerprint density at radius 1 is 1.28 bits per heavy atom. The van der Waals surface area contributed by atoms with Crippen LogP contribution in [0.1, 0.15) is 38.3 Å². The molecular formula is C15H23BrN2. The van der Waals surface area contributed by atoms with E-state index in [1.54, 1.807) is 0 Å². The first-order valence-corrected chi connectivity index (χ1v) is 7.77. The number of nitrogens with one attached hydrogen (secondary N) is 1. The van der Waals surface area contributed by atoms with Crippen LogP contribution < -0.4 is 5.32 Å². The zero-order valence-electron chi connectivity index (χ0n) is 11.3. The van der Waals surface area contributed by atoms with Crippen molar-refractivity contribution in [1.82, 2.24) is 10.2 Å². The molecule has 1 saturated heterocycles. The van der Waals surface area contributed by atoms with Crippen molar-refractivity contribution in [1.29, 1.82) is 0 Å². The van der Waals surface area contributed by atoms with Crippen molar-refractivity contribution in [2.24, 2.45) is 0 Å². The van der Waals surface area contributed by atoms with Gasteiger partial charge in [-0.2, -0.15) is 0 Å². The summed E-state index contributed by atoms with van der Waals surface area (Å²) in [4.78, 5) is 2.68. The van der Waals surface area contributed by atoms with E-state index in [0.29, 0.717) is 6.04 Å². The maximum atomic E-state index is 3.51. The van der Waals surface area contributed by atoms with Crippen molar-refractivity contribution in [3.63, 3.8) is 0 Å². The second-order valence-electron chi connectivity index (χ2n) is 5.03. The molecule has 0 radical (unpaired) electrons. The molecule has 1 heterocycles. The Kier molecular flexibility index (Phi) is 5.22. The largest absolute Gasteiger partial charge is 0.314 e. The number of hydrogen-bond acceptors (Lipinski definition) is 2. The summed E-state index contributed by atoms with van der Waals surface area (Å²) in [6.45, 7) is 8.05. The van der Waals surface area contributed by atoms with Crippen LogP contribution in [-0.2, 0) is 0 Å². The van der Waals surface area contributed by atoms with E-state index < -0.39 is 0 Å². The lowest BCUT2D eigenvalue weighted by atomic mass is 9.98. The topological polar surface area (TPSA) is 15.3 Å². The minimum atomic E-state index is 0.560. The standard InChI is InChI=1S/C15H23BrN2/c1-3-9-18(14-10-17-11-14)15(4-2)12-5-7-13(16)8-6-12/h5-8,14-15,17H,3-4,9-11H2,1-2H3. The molecule has 0 amide bonds. The van der Waals surface area contributed by atoms with Gasteiger partial charge in [-0.1, -0.05) is 41.9 Å². The van der Waals surface area contributed by atoms with Crippen LogP contribution in [0, 0.1) is 0 Å². The minimum absolute atomic E-state index is 0.560. The second-order valence-corrected chi connectivity index (χ2v) is 5.94. The molecule has 1 aromatic carbocycles. The normalized spacial score (nSPS) is 17.8. The Balaban J connectivity index is 2.15. The SMILES string of the molecule is CCCN(C1CNC1)C(CC)c1ccc(Br)cc1. The first kappa shape index (κ1) is 14.0. The molecule has 1 aliphatic rings. The van der Waals surface area contributed by atoms with Gasteiger partial charge in [0.15, 0.2) is 0 Å². The average Bonchev–Trinajstić information content (AvgIpc) is 2.30.